The van der Waals surface area contributed by atoms with Crippen molar-refractivity contribution in [1.29, 1.82) is 0 Å². The van der Waals surface area contributed by atoms with Crippen LogP contribution in [0.5, 0.6) is 0 Å². The fourth-order valence-corrected chi connectivity index (χ4v) is 2.16. The molecule has 2 rings (SSSR count). The van der Waals surface area contributed by atoms with Gasteiger partial charge in [-0.2, -0.15) is 0 Å². The zero-order valence-corrected chi connectivity index (χ0v) is 7.82. The van der Waals surface area contributed by atoms with Gasteiger partial charge in [-0.25, -0.2) is 0 Å². The first-order chi connectivity index (χ1) is 6.15. The van der Waals surface area contributed by atoms with Crippen LogP contribution in [0.25, 0.3) is 0 Å². The largest absolute Gasteiger partial charge is 0.480 e. The number of rotatable bonds is 2. The Morgan fingerprint density at radius 3 is 2.69 bits per heavy atom. The number of nitrogens with zero attached hydrogens (tertiary/aromatic N) is 1. The van der Waals surface area contributed by atoms with Crippen LogP contribution in [0, 0.1) is 5.92 Å². The summed E-state index contributed by atoms with van der Waals surface area (Å²) in [6, 6.07) is 0. The van der Waals surface area contributed by atoms with Crippen molar-refractivity contribution in [3.63, 3.8) is 0 Å². The molecule has 2 saturated heterocycles. The van der Waals surface area contributed by atoms with E-state index in [9.17, 15) is 4.79 Å². The second-order valence-electron chi connectivity index (χ2n) is 4.15. The fraction of sp³-hybridized carbons (Fsp3) is 0.889. The maximum Gasteiger partial charge on any atom is 0.326 e. The minimum Gasteiger partial charge on any atom is -0.480 e. The van der Waals surface area contributed by atoms with E-state index in [0.717, 1.165) is 13.1 Å². The van der Waals surface area contributed by atoms with Crippen LogP contribution in [0.1, 0.15) is 13.3 Å². The second-order valence-corrected chi connectivity index (χ2v) is 4.15. The van der Waals surface area contributed by atoms with Crippen molar-refractivity contribution in [2.45, 2.75) is 18.9 Å². The van der Waals surface area contributed by atoms with Gasteiger partial charge in [-0.3, -0.25) is 9.69 Å². The molecule has 74 valence electrons. The van der Waals surface area contributed by atoms with E-state index in [4.69, 9.17) is 9.84 Å². The average molecular weight is 185 g/mol. The number of likely N-dealkylation sites (tertiary alicyclic amines) is 1. The molecule has 2 aliphatic heterocycles. The maximum atomic E-state index is 11.1. The first-order valence-electron chi connectivity index (χ1n) is 4.71. The molecule has 13 heavy (non-hydrogen) atoms. The van der Waals surface area contributed by atoms with Gasteiger partial charge in [-0.05, 0) is 5.92 Å². The van der Waals surface area contributed by atoms with E-state index in [2.05, 4.69) is 6.92 Å². The molecule has 0 radical (unpaired) electrons. The highest BCUT2D eigenvalue weighted by molar-refractivity contribution is 5.79. The first-order valence-corrected chi connectivity index (χ1v) is 4.71. The number of hydrogen-bond donors (Lipinski definition) is 1. The normalized spacial score (nSPS) is 36.1. The molecule has 0 spiro atoms. The molecular weight excluding hydrogens is 170 g/mol. The quantitative estimate of drug-likeness (QED) is 0.667. The SMILES string of the molecule is CC1CN(C2(C(=O)O)CCOC2)C1. The van der Waals surface area contributed by atoms with E-state index >= 15 is 0 Å². The third-order valence-corrected chi connectivity index (χ3v) is 3.07. The van der Waals surface area contributed by atoms with Crippen LogP contribution in [0.4, 0.5) is 0 Å². The van der Waals surface area contributed by atoms with E-state index < -0.39 is 11.5 Å². The third-order valence-electron chi connectivity index (χ3n) is 3.07. The molecule has 0 aromatic heterocycles. The number of hydrogen-bond acceptors (Lipinski definition) is 3. The van der Waals surface area contributed by atoms with Crippen LogP contribution in [0.3, 0.4) is 0 Å². The number of carboxylic acid groups (broad SMARTS) is 1. The minimum absolute atomic E-state index is 0.356. The molecule has 1 atom stereocenters. The van der Waals surface area contributed by atoms with Gasteiger partial charge in [0.1, 0.15) is 5.54 Å². The van der Waals surface area contributed by atoms with Crippen molar-refractivity contribution < 1.29 is 14.6 Å². The Kier molecular flexibility index (Phi) is 2.04. The van der Waals surface area contributed by atoms with E-state index in [1.54, 1.807) is 0 Å². The van der Waals surface area contributed by atoms with Crippen molar-refractivity contribution in [3.05, 3.63) is 0 Å². The number of carbonyl (C=O) groups is 1. The Bertz CT molecular complexity index is 217. The standard InChI is InChI=1S/C9H15NO3/c1-7-4-10(5-7)9(8(11)12)2-3-13-6-9/h7H,2-6H2,1H3,(H,11,12). The Balaban J connectivity index is 2.10. The van der Waals surface area contributed by atoms with E-state index in [0.29, 0.717) is 25.6 Å². The molecule has 2 heterocycles. The highest BCUT2D eigenvalue weighted by atomic mass is 16.5. The number of ether oxygens (including phenoxy) is 1. The zero-order chi connectivity index (χ0) is 9.47. The highest BCUT2D eigenvalue weighted by Crippen LogP contribution is 2.32. The number of carboxylic acids is 1. The van der Waals surface area contributed by atoms with Crippen LogP contribution in [-0.2, 0) is 9.53 Å². The van der Waals surface area contributed by atoms with E-state index in [-0.39, 0.29) is 0 Å². The molecule has 2 fully saturated rings. The second kappa shape index (κ2) is 2.96. The Morgan fingerprint density at radius 2 is 2.31 bits per heavy atom. The van der Waals surface area contributed by atoms with Crippen LogP contribution in [0.15, 0.2) is 0 Å². The number of aliphatic carboxylic acids is 1. The predicted molar refractivity (Wildman–Crippen MR) is 46.5 cm³/mol. The van der Waals surface area contributed by atoms with Crippen molar-refractivity contribution >= 4 is 5.97 Å². The van der Waals surface area contributed by atoms with Gasteiger partial charge in [0.15, 0.2) is 0 Å². The summed E-state index contributed by atoms with van der Waals surface area (Å²) in [6.07, 6.45) is 0.634. The molecule has 4 nitrogen and oxygen atoms in total. The summed E-state index contributed by atoms with van der Waals surface area (Å²) in [5.74, 6) is -0.0891. The van der Waals surface area contributed by atoms with Crippen molar-refractivity contribution in [2.24, 2.45) is 5.92 Å². The molecule has 0 aromatic rings. The molecule has 0 bridgehead atoms. The van der Waals surface area contributed by atoms with Gasteiger partial charge in [0.25, 0.3) is 0 Å². The van der Waals surface area contributed by atoms with Crippen molar-refractivity contribution in [2.75, 3.05) is 26.3 Å². The summed E-state index contributed by atoms with van der Waals surface area (Å²) in [6.45, 7) is 4.87. The average Bonchev–Trinajstić information content (AvgIpc) is 2.47. The monoisotopic (exact) mass is 185 g/mol. The van der Waals surface area contributed by atoms with Crippen LogP contribution in [0.2, 0.25) is 0 Å². The van der Waals surface area contributed by atoms with Crippen molar-refractivity contribution in [3.8, 4) is 0 Å². The minimum atomic E-state index is -0.725. The Morgan fingerprint density at radius 1 is 1.62 bits per heavy atom. The Labute approximate surface area is 77.5 Å². The smallest absolute Gasteiger partial charge is 0.326 e. The predicted octanol–water partition coefficient (Wildman–Crippen LogP) is 0.182. The van der Waals surface area contributed by atoms with E-state index in [1.165, 1.54) is 0 Å². The fourth-order valence-electron chi connectivity index (χ4n) is 2.16. The molecule has 0 saturated carbocycles. The summed E-state index contributed by atoms with van der Waals surface area (Å²) in [5, 5.41) is 9.16. The van der Waals surface area contributed by atoms with Gasteiger partial charge in [0, 0.05) is 26.1 Å². The third kappa shape index (κ3) is 1.25. The summed E-state index contributed by atoms with van der Waals surface area (Å²) in [5.41, 5.74) is -0.702. The molecule has 4 heteroatoms. The van der Waals surface area contributed by atoms with Crippen molar-refractivity contribution in [1.82, 2.24) is 4.90 Å². The summed E-state index contributed by atoms with van der Waals surface area (Å²) >= 11 is 0. The lowest BCUT2D eigenvalue weighted by atomic mass is 9.89. The van der Waals surface area contributed by atoms with Gasteiger partial charge in [-0.15, -0.1) is 0 Å². The van der Waals surface area contributed by atoms with Gasteiger partial charge < -0.3 is 9.84 Å². The van der Waals surface area contributed by atoms with Gasteiger partial charge in [0.2, 0.25) is 0 Å². The maximum absolute atomic E-state index is 11.1. The highest BCUT2D eigenvalue weighted by Gasteiger charge is 2.50. The van der Waals surface area contributed by atoms with Crippen LogP contribution < -0.4 is 0 Å². The molecule has 0 aliphatic carbocycles. The Hall–Kier alpha value is -0.610. The molecule has 1 unspecified atom stereocenters. The molecule has 1 N–H and O–H groups in total. The summed E-state index contributed by atoms with van der Waals surface area (Å²) < 4.78 is 5.19. The zero-order valence-electron chi connectivity index (χ0n) is 7.82. The lowest BCUT2D eigenvalue weighted by Crippen LogP contribution is -2.63. The molecule has 2 aliphatic rings. The summed E-state index contributed by atoms with van der Waals surface area (Å²) in [4.78, 5) is 13.2. The van der Waals surface area contributed by atoms with E-state index in [1.807, 2.05) is 4.90 Å². The van der Waals surface area contributed by atoms with Gasteiger partial charge in [0.05, 0.1) is 6.61 Å². The van der Waals surface area contributed by atoms with Gasteiger partial charge >= 0.3 is 5.97 Å². The first kappa shape index (κ1) is 8.97. The van der Waals surface area contributed by atoms with Crippen LogP contribution in [-0.4, -0.2) is 47.8 Å². The van der Waals surface area contributed by atoms with Crippen LogP contribution >= 0.6 is 0 Å². The summed E-state index contributed by atoms with van der Waals surface area (Å²) in [7, 11) is 0. The molecular formula is C9H15NO3. The lowest BCUT2D eigenvalue weighted by molar-refractivity contribution is -0.157. The molecule has 0 amide bonds. The lowest BCUT2D eigenvalue weighted by Gasteiger charge is -2.46. The molecule has 0 aromatic carbocycles. The van der Waals surface area contributed by atoms with Gasteiger partial charge in [-0.1, -0.05) is 6.92 Å². The topological polar surface area (TPSA) is 49.8 Å².